The maximum absolute atomic E-state index is 13.2. The number of hydrogen-bond acceptors (Lipinski definition) is 4. The number of aliphatic hydroxyl groups is 1. The lowest BCUT2D eigenvalue weighted by Crippen LogP contribution is -2.41. The summed E-state index contributed by atoms with van der Waals surface area (Å²) in [7, 11) is 0. The molecule has 3 aromatic rings. The van der Waals surface area contributed by atoms with Crippen LogP contribution in [0.25, 0.3) is 0 Å². The maximum Gasteiger partial charge on any atom is 0.264 e. The van der Waals surface area contributed by atoms with Gasteiger partial charge in [0.15, 0.2) is 11.4 Å². The minimum atomic E-state index is -1.90. The molecule has 1 aliphatic heterocycles. The number of carbonyl (C=O) groups excluding carboxylic acids is 2. The van der Waals surface area contributed by atoms with Crippen LogP contribution in [-0.2, 0) is 16.9 Å². The van der Waals surface area contributed by atoms with E-state index in [1.165, 1.54) is 17.3 Å². The summed E-state index contributed by atoms with van der Waals surface area (Å²) in [5.41, 5.74) is 0.426. The molecule has 1 aliphatic rings. The van der Waals surface area contributed by atoms with Crippen molar-refractivity contribution in [3.05, 3.63) is 94.8 Å². The number of Topliss-reactive ketones (excluding diaryl/α,β-unsaturated/α-hetero) is 1. The number of pyridine rings is 1. The Morgan fingerprint density at radius 2 is 1.71 bits per heavy atom. The van der Waals surface area contributed by atoms with Gasteiger partial charge < -0.3 is 10.0 Å². The van der Waals surface area contributed by atoms with Crippen LogP contribution in [0.15, 0.2) is 73.1 Å². The number of carbonyl (C=O) groups is 2. The Morgan fingerprint density at radius 1 is 1.04 bits per heavy atom. The van der Waals surface area contributed by atoms with Gasteiger partial charge in [0, 0.05) is 28.5 Å². The van der Waals surface area contributed by atoms with Crippen LogP contribution in [0.5, 0.6) is 0 Å². The molecule has 0 saturated carbocycles. The quantitative estimate of drug-likeness (QED) is 0.671. The highest BCUT2D eigenvalue weighted by molar-refractivity contribution is 6.30. The lowest BCUT2D eigenvalue weighted by atomic mass is 9.88. The monoisotopic (exact) mass is 392 g/mol. The highest BCUT2D eigenvalue weighted by Crippen LogP contribution is 2.43. The molecule has 0 bridgehead atoms. The highest BCUT2D eigenvalue weighted by Gasteiger charge is 2.50. The number of para-hydroxylation sites is 1. The third-order valence-corrected chi connectivity index (χ3v) is 5.16. The van der Waals surface area contributed by atoms with E-state index < -0.39 is 11.5 Å². The second-order valence-corrected chi connectivity index (χ2v) is 7.17. The zero-order valence-electron chi connectivity index (χ0n) is 14.9. The molecule has 4 rings (SSSR count). The van der Waals surface area contributed by atoms with Crippen molar-refractivity contribution < 1.29 is 14.7 Å². The predicted molar refractivity (Wildman–Crippen MR) is 106 cm³/mol. The molecule has 0 aliphatic carbocycles. The summed E-state index contributed by atoms with van der Waals surface area (Å²) in [6, 6.07) is 17.3. The van der Waals surface area contributed by atoms with Crippen molar-refractivity contribution in [1.82, 2.24) is 4.98 Å². The predicted octanol–water partition coefficient (Wildman–Crippen LogP) is 3.74. The average Bonchev–Trinajstić information content (AvgIpc) is 2.92. The van der Waals surface area contributed by atoms with Crippen LogP contribution in [0.2, 0.25) is 5.02 Å². The zero-order valence-corrected chi connectivity index (χ0v) is 15.6. The normalized spacial score (nSPS) is 18.2. The molecule has 5 nitrogen and oxygen atoms in total. The molecule has 0 fully saturated rings. The number of ketones is 1. The van der Waals surface area contributed by atoms with Crippen LogP contribution in [0.4, 0.5) is 5.69 Å². The van der Waals surface area contributed by atoms with Crippen molar-refractivity contribution in [2.45, 2.75) is 18.6 Å². The van der Waals surface area contributed by atoms with Crippen LogP contribution in [-0.4, -0.2) is 21.8 Å². The summed E-state index contributed by atoms with van der Waals surface area (Å²) < 4.78 is 0. The molecule has 6 heteroatoms. The van der Waals surface area contributed by atoms with E-state index in [0.717, 1.165) is 5.56 Å². The second kappa shape index (κ2) is 7.19. The third kappa shape index (κ3) is 3.19. The summed E-state index contributed by atoms with van der Waals surface area (Å²) in [5, 5.41) is 11.9. The molecule has 0 spiro atoms. The molecular formula is C22H17ClN2O3. The van der Waals surface area contributed by atoms with E-state index in [4.69, 9.17) is 11.6 Å². The number of anilines is 1. The Bertz CT molecular complexity index is 1040. The number of aromatic nitrogens is 1. The maximum atomic E-state index is 13.2. The van der Waals surface area contributed by atoms with E-state index in [1.54, 1.807) is 48.5 Å². The van der Waals surface area contributed by atoms with Gasteiger partial charge in [-0.1, -0.05) is 41.9 Å². The van der Waals surface area contributed by atoms with Crippen molar-refractivity contribution in [1.29, 1.82) is 0 Å². The molecule has 1 N–H and O–H groups in total. The van der Waals surface area contributed by atoms with E-state index in [-0.39, 0.29) is 18.7 Å². The number of fused-ring (bicyclic) bond motifs is 1. The Hall–Kier alpha value is -3.02. The van der Waals surface area contributed by atoms with Crippen LogP contribution < -0.4 is 4.90 Å². The molecule has 28 heavy (non-hydrogen) atoms. The summed E-state index contributed by atoms with van der Waals surface area (Å²) in [5.74, 6) is -0.826. The summed E-state index contributed by atoms with van der Waals surface area (Å²) in [6.45, 7) is 0.277. The topological polar surface area (TPSA) is 70.5 Å². The zero-order chi connectivity index (χ0) is 19.7. The van der Waals surface area contributed by atoms with Crippen molar-refractivity contribution in [2.75, 3.05) is 4.90 Å². The fourth-order valence-electron chi connectivity index (χ4n) is 3.48. The summed E-state index contributed by atoms with van der Waals surface area (Å²) in [6.07, 6.45) is 2.69. The second-order valence-electron chi connectivity index (χ2n) is 6.73. The standard InChI is InChI=1S/C22H17ClN2O3/c23-17-7-5-15(6-8-17)14-25-19-4-2-1-3-18(19)22(28,21(25)27)13-20(26)16-9-11-24-12-10-16/h1-12,28H,13-14H2/t22-/m0/s1. The first-order valence-corrected chi connectivity index (χ1v) is 9.18. The van der Waals surface area contributed by atoms with E-state index >= 15 is 0 Å². The highest BCUT2D eigenvalue weighted by atomic mass is 35.5. The number of benzene rings is 2. The van der Waals surface area contributed by atoms with Crippen molar-refractivity contribution >= 4 is 29.0 Å². The van der Waals surface area contributed by atoms with Gasteiger partial charge in [-0.3, -0.25) is 14.6 Å². The molecule has 2 heterocycles. The molecule has 1 aromatic heterocycles. The molecule has 0 unspecified atom stereocenters. The summed E-state index contributed by atoms with van der Waals surface area (Å²) in [4.78, 5) is 31.3. The van der Waals surface area contributed by atoms with Crippen LogP contribution in [0.1, 0.15) is 27.9 Å². The third-order valence-electron chi connectivity index (χ3n) is 4.91. The first-order valence-electron chi connectivity index (χ1n) is 8.80. The van der Waals surface area contributed by atoms with Crippen molar-refractivity contribution in [3.8, 4) is 0 Å². The molecule has 1 atom stereocenters. The van der Waals surface area contributed by atoms with Crippen LogP contribution in [0.3, 0.4) is 0 Å². The number of rotatable bonds is 5. The first-order chi connectivity index (χ1) is 13.5. The minimum absolute atomic E-state index is 0.277. The van der Waals surface area contributed by atoms with Gasteiger partial charge in [-0.15, -0.1) is 0 Å². The van der Waals surface area contributed by atoms with E-state index in [0.29, 0.717) is 21.8 Å². The lowest BCUT2D eigenvalue weighted by Gasteiger charge is -2.23. The van der Waals surface area contributed by atoms with Gasteiger partial charge in [0.2, 0.25) is 0 Å². The van der Waals surface area contributed by atoms with E-state index in [1.807, 2.05) is 12.1 Å². The van der Waals surface area contributed by atoms with Gasteiger partial charge in [-0.2, -0.15) is 0 Å². The number of hydrogen-bond donors (Lipinski definition) is 1. The number of halogens is 1. The van der Waals surface area contributed by atoms with Gasteiger partial charge in [0.1, 0.15) is 0 Å². The SMILES string of the molecule is O=C(C[C@@]1(O)C(=O)N(Cc2ccc(Cl)cc2)c2ccccc21)c1ccncc1. The summed E-state index contributed by atoms with van der Waals surface area (Å²) >= 11 is 5.94. The largest absolute Gasteiger partial charge is 0.375 e. The molecule has 2 aromatic carbocycles. The van der Waals surface area contributed by atoms with Crippen molar-refractivity contribution in [2.24, 2.45) is 0 Å². The van der Waals surface area contributed by atoms with Gasteiger partial charge in [-0.05, 0) is 35.9 Å². The molecule has 0 radical (unpaired) electrons. The van der Waals surface area contributed by atoms with E-state index in [2.05, 4.69) is 4.98 Å². The van der Waals surface area contributed by atoms with Gasteiger partial charge in [0.05, 0.1) is 18.7 Å². The Balaban J connectivity index is 1.68. The number of nitrogens with zero attached hydrogens (tertiary/aromatic N) is 2. The first kappa shape index (κ1) is 18.3. The van der Waals surface area contributed by atoms with Gasteiger partial charge in [-0.25, -0.2) is 0 Å². The Labute approximate surface area is 167 Å². The van der Waals surface area contributed by atoms with Crippen LogP contribution in [0, 0.1) is 0 Å². The van der Waals surface area contributed by atoms with Crippen molar-refractivity contribution in [3.63, 3.8) is 0 Å². The Morgan fingerprint density at radius 3 is 2.43 bits per heavy atom. The molecule has 140 valence electrons. The van der Waals surface area contributed by atoms with Crippen LogP contribution >= 0.6 is 11.6 Å². The fraction of sp³-hybridized carbons (Fsp3) is 0.136. The lowest BCUT2D eigenvalue weighted by molar-refractivity contribution is -0.136. The smallest absolute Gasteiger partial charge is 0.264 e. The molecule has 0 saturated heterocycles. The van der Waals surface area contributed by atoms with E-state index in [9.17, 15) is 14.7 Å². The minimum Gasteiger partial charge on any atom is -0.375 e. The molecule has 1 amide bonds. The number of amides is 1. The Kier molecular flexibility index (Phi) is 4.71. The average molecular weight is 393 g/mol. The fourth-order valence-corrected chi connectivity index (χ4v) is 3.61. The van der Waals surface area contributed by atoms with Gasteiger partial charge >= 0.3 is 0 Å². The van der Waals surface area contributed by atoms with Gasteiger partial charge in [0.25, 0.3) is 5.91 Å². The molecular weight excluding hydrogens is 376 g/mol.